The number of rotatable bonds is 0. The van der Waals surface area contributed by atoms with Crippen LogP contribution in [0.3, 0.4) is 0 Å². The summed E-state index contributed by atoms with van der Waals surface area (Å²) in [4.78, 5) is 0. The van der Waals surface area contributed by atoms with E-state index < -0.39 is 14.1 Å². The summed E-state index contributed by atoms with van der Waals surface area (Å²) < 4.78 is 17.6. The molecule has 0 aliphatic rings. The summed E-state index contributed by atoms with van der Waals surface area (Å²) in [5.74, 6) is 0. The first-order valence-electron chi connectivity index (χ1n) is 1.42. The highest BCUT2D eigenvalue weighted by Gasteiger charge is 2.15. The Morgan fingerprint density at radius 3 is 1.62 bits per heavy atom. The SMILES string of the molecule is O=S(=O)=CC(Cl)(Cl)Cl. The van der Waals surface area contributed by atoms with Gasteiger partial charge in [0.05, 0.1) is 5.37 Å². The first-order chi connectivity index (χ1) is 3.42. The molecule has 0 atom stereocenters. The van der Waals surface area contributed by atoms with E-state index in [1.165, 1.54) is 0 Å². The van der Waals surface area contributed by atoms with Gasteiger partial charge in [0.2, 0.25) is 14.1 Å². The van der Waals surface area contributed by atoms with Gasteiger partial charge >= 0.3 is 0 Å². The summed E-state index contributed by atoms with van der Waals surface area (Å²) in [6, 6.07) is 0. The van der Waals surface area contributed by atoms with Crippen molar-refractivity contribution < 1.29 is 8.42 Å². The minimum Gasteiger partial charge on any atom is -0.185 e. The topological polar surface area (TPSA) is 34.1 Å². The van der Waals surface area contributed by atoms with E-state index in [1.54, 1.807) is 0 Å². The highest BCUT2D eigenvalue weighted by molar-refractivity contribution is 7.72. The van der Waals surface area contributed by atoms with Crippen LogP contribution in [0.2, 0.25) is 0 Å². The van der Waals surface area contributed by atoms with Gasteiger partial charge in [-0.1, -0.05) is 34.8 Å². The molecule has 0 N–H and O–H groups in total. The number of hydrogen-bond acceptors (Lipinski definition) is 2. The highest BCUT2D eigenvalue weighted by Crippen LogP contribution is 2.22. The van der Waals surface area contributed by atoms with Crippen molar-refractivity contribution in [2.24, 2.45) is 0 Å². The standard InChI is InChI=1S/C2HCl3O2S/c3-2(4,5)1-8(6)7/h1H. The summed E-state index contributed by atoms with van der Waals surface area (Å²) in [5, 5.41) is 0.567. The quantitative estimate of drug-likeness (QED) is 0.427. The Labute approximate surface area is 62.9 Å². The predicted molar refractivity (Wildman–Crippen MR) is 35.3 cm³/mol. The molecule has 6 heteroatoms. The van der Waals surface area contributed by atoms with Crippen molar-refractivity contribution in [2.75, 3.05) is 0 Å². The molecule has 0 fully saturated rings. The van der Waals surface area contributed by atoms with Crippen LogP contribution in [0.15, 0.2) is 0 Å². The number of halogens is 3. The number of hydrogen-bond donors (Lipinski definition) is 0. The van der Waals surface area contributed by atoms with E-state index in [4.69, 9.17) is 34.8 Å². The third-order valence-corrected chi connectivity index (χ3v) is 1.49. The van der Waals surface area contributed by atoms with Crippen molar-refractivity contribution in [2.45, 2.75) is 3.79 Å². The summed E-state index contributed by atoms with van der Waals surface area (Å²) in [6.45, 7) is 0. The molecule has 8 heavy (non-hydrogen) atoms. The van der Waals surface area contributed by atoms with Gasteiger partial charge in [0.1, 0.15) is 0 Å². The molecule has 0 heterocycles. The van der Waals surface area contributed by atoms with Gasteiger partial charge in [-0.2, -0.15) is 8.42 Å². The van der Waals surface area contributed by atoms with Gasteiger partial charge < -0.3 is 0 Å². The maximum atomic E-state index is 9.71. The lowest BCUT2D eigenvalue weighted by Gasteiger charge is -1.95. The van der Waals surface area contributed by atoms with Gasteiger partial charge in [-0.05, 0) is 0 Å². The minimum atomic E-state index is -2.41. The van der Waals surface area contributed by atoms with Gasteiger partial charge in [0.15, 0.2) is 0 Å². The molecule has 2 nitrogen and oxygen atoms in total. The Bertz CT molecular complexity index is 178. The lowest BCUT2D eigenvalue weighted by Crippen LogP contribution is -2.02. The Morgan fingerprint density at radius 1 is 1.25 bits per heavy atom. The van der Waals surface area contributed by atoms with Gasteiger partial charge in [-0.15, -0.1) is 0 Å². The Balaban J connectivity index is 4.34. The van der Waals surface area contributed by atoms with Crippen molar-refractivity contribution in [1.29, 1.82) is 0 Å². The lowest BCUT2D eigenvalue weighted by molar-refractivity contribution is 0.627. The molecule has 0 aromatic carbocycles. The fraction of sp³-hybridized carbons (Fsp3) is 0.500. The van der Waals surface area contributed by atoms with E-state index in [-0.39, 0.29) is 0 Å². The van der Waals surface area contributed by atoms with Crippen LogP contribution in [0.4, 0.5) is 0 Å². The molecule has 0 aliphatic heterocycles. The Hall–Kier alpha value is 0.560. The monoisotopic (exact) mass is 194 g/mol. The van der Waals surface area contributed by atoms with E-state index in [1.807, 2.05) is 0 Å². The summed E-state index contributed by atoms with van der Waals surface area (Å²) in [5.41, 5.74) is 0. The minimum absolute atomic E-state index is 0.567. The van der Waals surface area contributed by atoms with Crippen LogP contribution in [0.25, 0.3) is 0 Å². The highest BCUT2D eigenvalue weighted by atomic mass is 35.6. The normalized spacial score (nSPS) is 10.9. The second kappa shape index (κ2) is 2.92. The lowest BCUT2D eigenvalue weighted by atomic mass is 10.9. The third-order valence-electron chi connectivity index (χ3n) is 0.230. The molecule has 0 saturated carbocycles. The zero-order chi connectivity index (χ0) is 6.78. The molecule has 48 valence electrons. The molecular formula is C2HCl3O2S. The fourth-order valence-corrected chi connectivity index (χ4v) is 0.982. The van der Waals surface area contributed by atoms with E-state index in [0.717, 1.165) is 0 Å². The van der Waals surface area contributed by atoms with E-state index in [0.29, 0.717) is 5.37 Å². The van der Waals surface area contributed by atoms with Crippen LogP contribution >= 0.6 is 34.8 Å². The predicted octanol–water partition coefficient (Wildman–Crippen LogP) is 1.04. The first kappa shape index (κ1) is 8.56. The van der Waals surface area contributed by atoms with Crippen LogP contribution < -0.4 is 0 Å². The van der Waals surface area contributed by atoms with E-state index in [2.05, 4.69) is 0 Å². The van der Waals surface area contributed by atoms with Crippen molar-refractivity contribution in [3.63, 3.8) is 0 Å². The largest absolute Gasteiger partial charge is 0.223 e. The van der Waals surface area contributed by atoms with Crippen LogP contribution in [0, 0.1) is 0 Å². The van der Waals surface area contributed by atoms with Gasteiger partial charge in [0.25, 0.3) is 0 Å². The molecule has 0 spiro atoms. The molecule has 0 aliphatic carbocycles. The molecule has 0 saturated heterocycles. The maximum Gasteiger partial charge on any atom is 0.223 e. The smallest absolute Gasteiger partial charge is 0.185 e. The number of alkyl halides is 3. The second-order valence-corrected chi connectivity index (χ2v) is 4.05. The Kier molecular flexibility index (Phi) is 3.12. The van der Waals surface area contributed by atoms with Crippen LogP contribution in [-0.2, 0) is 10.3 Å². The van der Waals surface area contributed by atoms with Crippen molar-refractivity contribution >= 4 is 50.5 Å². The molecule has 0 rings (SSSR count). The molecule has 0 radical (unpaired) electrons. The fourth-order valence-electron chi connectivity index (χ4n) is 0.109. The summed E-state index contributed by atoms with van der Waals surface area (Å²) >= 11 is 15.0. The summed E-state index contributed by atoms with van der Waals surface area (Å²) in [7, 11) is -2.41. The van der Waals surface area contributed by atoms with Gasteiger partial charge in [-0.25, -0.2) is 0 Å². The van der Waals surface area contributed by atoms with E-state index >= 15 is 0 Å². The van der Waals surface area contributed by atoms with Crippen LogP contribution in [0.1, 0.15) is 0 Å². The average molecular weight is 195 g/mol. The zero-order valence-corrected chi connectivity index (χ0v) is 6.52. The molecule has 0 unspecified atom stereocenters. The molecular weight excluding hydrogens is 194 g/mol. The first-order valence-corrected chi connectivity index (χ1v) is 3.70. The molecule has 0 amide bonds. The van der Waals surface area contributed by atoms with Gasteiger partial charge in [-0.3, -0.25) is 0 Å². The third kappa shape index (κ3) is 6.56. The zero-order valence-electron chi connectivity index (χ0n) is 3.44. The molecule has 0 aromatic rings. The van der Waals surface area contributed by atoms with E-state index in [9.17, 15) is 8.42 Å². The summed E-state index contributed by atoms with van der Waals surface area (Å²) in [6.07, 6.45) is 0. The van der Waals surface area contributed by atoms with Crippen molar-refractivity contribution in [3.05, 3.63) is 0 Å². The maximum absolute atomic E-state index is 9.71. The molecule has 0 bridgehead atoms. The molecule has 0 aromatic heterocycles. The van der Waals surface area contributed by atoms with Crippen molar-refractivity contribution in [1.82, 2.24) is 0 Å². The van der Waals surface area contributed by atoms with Crippen LogP contribution in [0.5, 0.6) is 0 Å². The average Bonchev–Trinajstić information content (AvgIpc) is 1.21. The Morgan fingerprint density at radius 2 is 1.62 bits per heavy atom. The van der Waals surface area contributed by atoms with Crippen LogP contribution in [-0.4, -0.2) is 17.6 Å². The van der Waals surface area contributed by atoms with Gasteiger partial charge in [0, 0.05) is 0 Å². The second-order valence-electron chi connectivity index (χ2n) is 0.920. The van der Waals surface area contributed by atoms with Crippen molar-refractivity contribution in [3.8, 4) is 0 Å².